The van der Waals surface area contributed by atoms with Crippen molar-refractivity contribution >= 4 is 21.6 Å². The zero-order valence-corrected chi connectivity index (χ0v) is 11.7. The van der Waals surface area contributed by atoms with Crippen molar-refractivity contribution in [2.75, 3.05) is 11.4 Å². The quantitative estimate of drug-likeness (QED) is 0.773. The van der Waals surface area contributed by atoms with Crippen LogP contribution in [0.5, 0.6) is 0 Å². The summed E-state index contributed by atoms with van der Waals surface area (Å²) in [4.78, 5) is 2.38. The Bertz CT molecular complexity index is 432. The van der Waals surface area contributed by atoms with Gasteiger partial charge in [0.25, 0.3) is 0 Å². The average Bonchev–Trinajstić information content (AvgIpc) is 3.14. The summed E-state index contributed by atoms with van der Waals surface area (Å²) in [6.07, 6.45) is 3.14. The molecule has 17 heavy (non-hydrogen) atoms. The highest BCUT2D eigenvalue weighted by molar-refractivity contribution is 9.08. The molecule has 0 radical (unpaired) electrons. The Balaban J connectivity index is 2.18. The second-order valence-electron chi connectivity index (χ2n) is 4.58. The molecular formula is C14H17BrN2. The van der Waals surface area contributed by atoms with Gasteiger partial charge in [0.05, 0.1) is 12.5 Å². The first-order chi connectivity index (χ1) is 8.26. The molecule has 2 rings (SSSR count). The summed E-state index contributed by atoms with van der Waals surface area (Å²) in [5, 5.41) is 9.62. The Kier molecular flexibility index (Phi) is 4.06. The zero-order chi connectivity index (χ0) is 12.3. The fourth-order valence-electron chi connectivity index (χ4n) is 2.09. The van der Waals surface area contributed by atoms with E-state index in [0.29, 0.717) is 12.5 Å². The molecule has 0 aromatic heterocycles. The minimum absolute atomic E-state index is 0.607. The molecule has 1 aliphatic rings. The van der Waals surface area contributed by atoms with E-state index in [1.807, 2.05) is 0 Å². The Labute approximate surface area is 111 Å². The normalized spacial score (nSPS) is 14.4. The molecule has 1 fully saturated rings. The van der Waals surface area contributed by atoms with Crippen LogP contribution >= 0.6 is 15.9 Å². The fourth-order valence-corrected chi connectivity index (χ4v) is 2.72. The predicted molar refractivity (Wildman–Crippen MR) is 74.4 cm³/mol. The Hall–Kier alpha value is -1.01. The third-order valence-electron chi connectivity index (χ3n) is 3.25. The summed E-state index contributed by atoms with van der Waals surface area (Å²) >= 11 is 3.50. The lowest BCUT2D eigenvalue weighted by molar-refractivity contribution is 0.792. The topological polar surface area (TPSA) is 27.0 Å². The first-order valence-electron chi connectivity index (χ1n) is 6.05. The van der Waals surface area contributed by atoms with Crippen molar-refractivity contribution in [2.45, 2.75) is 37.6 Å². The van der Waals surface area contributed by atoms with Crippen molar-refractivity contribution in [3.63, 3.8) is 0 Å². The number of hydrogen-bond donors (Lipinski definition) is 0. The number of nitriles is 1. The molecule has 0 saturated heterocycles. The Morgan fingerprint density at radius 2 is 2.24 bits per heavy atom. The van der Waals surface area contributed by atoms with Crippen LogP contribution in [0.1, 0.15) is 30.4 Å². The van der Waals surface area contributed by atoms with Crippen molar-refractivity contribution in [1.29, 1.82) is 5.26 Å². The second kappa shape index (κ2) is 5.55. The predicted octanol–water partition coefficient (Wildman–Crippen LogP) is 3.77. The molecule has 1 saturated carbocycles. The van der Waals surface area contributed by atoms with Gasteiger partial charge in [0.15, 0.2) is 0 Å². The van der Waals surface area contributed by atoms with Crippen LogP contribution in [0.4, 0.5) is 5.69 Å². The summed E-state index contributed by atoms with van der Waals surface area (Å²) in [5.41, 5.74) is 3.93. The number of anilines is 1. The van der Waals surface area contributed by atoms with Crippen molar-refractivity contribution < 1.29 is 0 Å². The molecule has 1 aliphatic carbocycles. The molecule has 0 aliphatic heterocycles. The number of aryl methyl sites for hydroxylation is 1. The maximum atomic E-state index is 8.72. The van der Waals surface area contributed by atoms with Gasteiger partial charge in [-0.3, -0.25) is 0 Å². The lowest BCUT2D eigenvalue weighted by Crippen LogP contribution is -2.26. The van der Waals surface area contributed by atoms with Gasteiger partial charge in [-0.2, -0.15) is 5.26 Å². The van der Waals surface area contributed by atoms with Gasteiger partial charge < -0.3 is 4.90 Å². The van der Waals surface area contributed by atoms with Crippen LogP contribution in [0.25, 0.3) is 0 Å². The first kappa shape index (κ1) is 12.4. The van der Waals surface area contributed by atoms with E-state index in [9.17, 15) is 0 Å². The number of hydrogen-bond acceptors (Lipinski definition) is 2. The number of rotatable bonds is 5. The lowest BCUT2D eigenvalue weighted by Gasteiger charge is -2.24. The molecule has 2 nitrogen and oxygen atoms in total. The van der Waals surface area contributed by atoms with Gasteiger partial charge in [0.1, 0.15) is 0 Å². The van der Waals surface area contributed by atoms with E-state index in [4.69, 9.17) is 5.26 Å². The van der Waals surface area contributed by atoms with Gasteiger partial charge in [-0.25, -0.2) is 0 Å². The minimum atomic E-state index is 0.607. The number of alkyl halides is 1. The van der Waals surface area contributed by atoms with E-state index >= 15 is 0 Å². The molecule has 0 amide bonds. The van der Waals surface area contributed by atoms with E-state index < -0.39 is 0 Å². The van der Waals surface area contributed by atoms with Crippen molar-refractivity contribution in [2.24, 2.45) is 0 Å². The van der Waals surface area contributed by atoms with Gasteiger partial charge in [0.2, 0.25) is 0 Å². The van der Waals surface area contributed by atoms with Gasteiger partial charge in [-0.15, -0.1) is 0 Å². The summed E-state index contributed by atoms with van der Waals surface area (Å²) < 4.78 is 0. The lowest BCUT2D eigenvalue weighted by atomic mass is 10.1. The minimum Gasteiger partial charge on any atom is -0.368 e. The molecule has 0 unspecified atom stereocenters. The van der Waals surface area contributed by atoms with E-state index in [1.54, 1.807) is 0 Å². The molecule has 0 heterocycles. The maximum absolute atomic E-state index is 8.72. The SMILES string of the molecule is Cc1cc(N(CCC#N)C2CC2)ccc1CBr. The third-order valence-corrected chi connectivity index (χ3v) is 3.86. The molecule has 0 atom stereocenters. The van der Waals surface area contributed by atoms with Gasteiger partial charge in [-0.1, -0.05) is 22.0 Å². The molecule has 3 heteroatoms. The maximum Gasteiger partial charge on any atom is 0.0640 e. The highest BCUT2D eigenvalue weighted by Crippen LogP contribution is 2.32. The number of halogens is 1. The fraction of sp³-hybridized carbons (Fsp3) is 0.500. The van der Waals surface area contributed by atoms with Crippen LogP contribution in [0.15, 0.2) is 18.2 Å². The Morgan fingerprint density at radius 3 is 2.76 bits per heavy atom. The highest BCUT2D eigenvalue weighted by Gasteiger charge is 2.28. The van der Waals surface area contributed by atoms with Crippen LogP contribution in [-0.4, -0.2) is 12.6 Å². The molecule has 90 valence electrons. The molecular weight excluding hydrogens is 276 g/mol. The number of nitrogens with zero attached hydrogens (tertiary/aromatic N) is 2. The second-order valence-corrected chi connectivity index (χ2v) is 5.14. The number of benzene rings is 1. The van der Waals surface area contributed by atoms with Crippen molar-refractivity contribution in [3.05, 3.63) is 29.3 Å². The largest absolute Gasteiger partial charge is 0.368 e. The molecule has 0 bridgehead atoms. The summed E-state index contributed by atoms with van der Waals surface area (Å²) in [5.74, 6) is 0. The molecule has 1 aromatic carbocycles. The van der Waals surface area contributed by atoms with E-state index in [1.165, 1.54) is 29.7 Å². The van der Waals surface area contributed by atoms with Crippen molar-refractivity contribution in [1.82, 2.24) is 0 Å². The van der Waals surface area contributed by atoms with E-state index in [2.05, 4.69) is 52.0 Å². The third kappa shape index (κ3) is 3.01. The van der Waals surface area contributed by atoms with Gasteiger partial charge in [0, 0.05) is 23.6 Å². The standard InChI is InChI=1S/C14H17BrN2/c1-11-9-14(4-3-12(11)10-15)17(8-2-7-16)13-5-6-13/h3-4,9,13H,2,5-6,8,10H2,1H3. The van der Waals surface area contributed by atoms with Crippen LogP contribution in [0.2, 0.25) is 0 Å². The highest BCUT2D eigenvalue weighted by atomic mass is 79.9. The summed E-state index contributed by atoms with van der Waals surface area (Å²) in [7, 11) is 0. The molecule has 1 aromatic rings. The summed E-state index contributed by atoms with van der Waals surface area (Å²) in [6, 6.07) is 9.51. The smallest absolute Gasteiger partial charge is 0.0640 e. The Morgan fingerprint density at radius 1 is 1.47 bits per heavy atom. The van der Waals surface area contributed by atoms with Gasteiger partial charge in [-0.05, 0) is 43.0 Å². The van der Waals surface area contributed by atoms with E-state index in [-0.39, 0.29) is 0 Å². The van der Waals surface area contributed by atoms with Gasteiger partial charge >= 0.3 is 0 Å². The van der Waals surface area contributed by atoms with Crippen LogP contribution in [0, 0.1) is 18.3 Å². The van der Waals surface area contributed by atoms with Crippen LogP contribution in [0.3, 0.4) is 0 Å². The first-order valence-corrected chi connectivity index (χ1v) is 7.17. The van der Waals surface area contributed by atoms with Crippen molar-refractivity contribution in [3.8, 4) is 6.07 Å². The van der Waals surface area contributed by atoms with Crippen LogP contribution < -0.4 is 4.90 Å². The molecule has 0 N–H and O–H groups in total. The average molecular weight is 293 g/mol. The monoisotopic (exact) mass is 292 g/mol. The van der Waals surface area contributed by atoms with Crippen LogP contribution in [-0.2, 0) is 5.33 Å². The zero-order valence-electron chi connectivity index (χ0n) is 10.1. The molecule has 0 spiro atoms. The van der Waals surface area contributed by atoms with E-state index in [0.717, 1.165) is 11.9 Å². The summed E-state index contributed by atoms with van der Waals surface area (Å²) in [6.45, 7) is 3.00.